The van der Waals surface area contributed by atoms with Gasteiger partial charge < -0.3 is 4.74 Å². The van der Waals surface area contributed by atoms with Crippen molar-refractivity contribution in [3.8, 4) is 0 Å². The lowest BCUT2D eigenvalue weighted by molar-refractivity contribution is -0.149. The van der Waals surface area contributed by atoms with Crippen molar-refractivity contribution in [3.05, 3.63) is 64.7 Å². The number of ether oxygens (including phenoxy) is 1. The zero-order chi connectivity index (χ0) is 19.1. The minimum absolute atomic E-state index is 0.223. The lowest BCUT2D eigenvalue weighted by atomic mass is 9.69. The summed E-state index contributed by atoms with van der Waals surface area (Å²) in [5.74, 6) is -3.54. The molecular formula is C20H20F3NO2. The first kappa shape index (κ1) is 18.4. The fourth-order valence-corrected chi connectivity index (χ4v) is 4.35. The van der Waals surface area contributed by atoms with Crippen molar-refractivity contribution in [2.45, 2.75) is 38.0 Å². The Balaban J connectivity index is 2.11. The van der Waals surface area contributed by atoms with E-state index in [1.165, 1.54) is 19.4 Å². The van der Waals surface area contributed by atoms with Crippen LogP contribution in [0.15, 0.2) is 30.5 Å². The highest BCUT2D eigenvalue weighted by atomic mass is 19.2. The average Bonchev–Trinajstić information content (AvgIpc) is 2.97. The molecule has 1 saturated carbocycles. The van der Waals surface area contributed by atoms with Crippen molar-refractivity contribution in [1.82, 2.24) is 4.98 Å². The van der Waals surface area contributed by atoms with Crippen molar-refractivity contribution in [2.24, 2.45) is 5.92 Å². The summed E-state index contributed by atoms with van der Waals surface area (Å²) in [6, 6.07) is 5.77. The van der Waals surface area contributed by atoms with Gasteiger partial charge in [0.05, 0.1) is 12.5 Å². The second-order valence-corrected chi connectivity index (χ2v) is 6.85. The van der Waals surface area contributed by atoms with Crippen molar-refractivity contribution >= 4 is 5.97 Å². The van der Waals surface area contributed by atoms with E-state index in [1.807, 2.05) is 6.92 Å². The van der Waals surface area contributed by atoms with Gasteiger partial charge in [-0.05, 0) is 60.4 Å². The molecule has 0 N–H and O–H groups in total. The number of carbonyl (C=O) groups excluding carboxylic acids is 1. The summed E-state index contributed by atoms with van der Waals surface area (Å²) in [6.07, 6.45) is 2.28. The molecular weight excluding hydrogens is 343 g/mol. The van der Waals surface area contributed by atoms with Crippen LogP contribution in [-0.2, 0) is 14.9 Å². The number of hydrogen-bond acceptors (Lipinski definition) is 3. The number of nitrogens with zero attached hydrogens (tertiary/aromatic N) is 1. The molecule has 1 aliphatic carbocycles. The predicted octanol–water partition coefficient (Wildman–Crippen LogP) is 4.43. The van der Waals surface area contributed by atoms with E-state index in [1.54, 1.807) is 19.1 Å². The number of methoxy groups -OCH3 is 1. The molecule has 138 valence electrons. The van der Waals surface area contributed by atoms with E-state index in [0.29, 0.717) is 29.5 Å². The largest absolute Gasteiger partial charge is 0.468 e. The predicted molar refractivity (Wildman–Crippen MR) is 90.1 cm³/mol. The normalized spacial score (nSPS) is 25.3. The SMILES string of the molecule is COC(=O)[C@@]1(c2cccc(F)c2C)CCC(c2cnc(F)c(F)c2)C1C. The highest BCUT2D eigenvalue weighted by Crippen LogP contribution is 2.54. The molecule has 2 aromatic rings. The number of rotatable bonds is 3. The third-order valence-electron chi connectivity index (χ3n) is 5.77. The molecule has 2 unspecified atom stereocenters. The van der Waals surface area contributed by atoms with Crippen LogP contribution in [0.3, 0.4) is 0 Å². The highest BCUT2D eigenvalue weighted by Gasteiger charge is 2.54. The van der Waals surface area contributed by atoms with Crippen molar-refractivity contribution in [2.75, 3.05) is 7.11 Å². The summed E-state index contributed by atoms with van der Waals surface area (Å²) in [7, 11) is 1.30. The first-order valence-corrected chi connectivity index (χ1v) is 8.48. The zero-order valence-electron chi connectivity index (χ0n) is 14.9. The third-order valence-corrected chi connectivity index (χ3v) is 5.77. The van der Waals surface area contributed by atoms with Gasteiger partial charge >= 0.3 is 5.97 Å². The van der Waals surface area contributed by atoms with Crippen molar-refractivity contribution < 1.29 is 22.7 Å². The number of carbonyl (C=O) groups is 1. The van der Waals surface area contributed by atoms with Crippen LogP contribution < -0.4 is 0 Å². The summed E-state index contributed by atoms with van der Waals surface area (Å²) >= 11 is 0. The van der Waals surface area contributed by atoms with Gasteiger partial charge in [-0.1, -0.05) is 19.1 Å². The summed E-state index contributed by atoms with van der Waals surface area (Å²) in [4.78, 5) is 16.3. The van der Waals surface area contributed by atoms with E-state index < -0.39 is 29.0 Å². The summed E-state index contributed by atoms with van der Waals surface area (Å²) in [5.41, 5.74) is 0.455. The molecule has 0 bridgehead atoms. The molecule has 1 heterocycles. The smallest absolute Gasteiger partial charge is 0.316 e. The van der Waals surface area contributed by atoms with Crippen molar-refractivity contribution in [1.29, 1.82) is 0 Å². The molecule has 3 atom stereocenters. The summed E-state index contributed by atoms with van der Waals surface area (Å²) in [6.45, 7) is 3.49. The second-order valence-electron chi connectivity index (χ2n) is 6.85. The Bertz CT molecular complexity index is 855. The van der Waals surface area contributed by atoms with E-state index in [4.69, 9.17) is 4.74 Å². The number of pyridine rings is 1. The van der Waals surface area contributed by atoms with Gasteiger partial charge in [0.2, 0.25) is 5.95 Å². The number of esters is 1. The maximum atomic E-state index is 14.2. The van der Waals surface area contributed by atoms with Crippen molar-refractivity contribution in [3.63, 3.8) is 0 Å². The van der Waals surface area contributed by atoms with Gasteiger partial charge in [0.1, 0.15) is 5.82 Å². The van der Waals surface area contributed by atoms with Crippen LogP contribution in [0, 0.1) is 30.4 Å². The van der Waals surface area contributed by atoms with E-state index in [2.05, 4.69) is 4.98 Å². The maximum absolute atomic E-state index is 14.2. The standard InChI is InChI=1S/C20H20F3NO2/c1-11-15(5-4-6-16(11)21)20(19(25)26-3)8-7-14(12(20)2)13-9-17(22)18(23)24-10-13/h4-6,9-10,12,14H,7-8H2,1-3H3/t12?,14?,20-/m0/s1. The van der Waals surface area contributed by atoms with Crippen LogP contribution in [0.25, 0.3) is 0 Å². The molecule has 1 aromatic carbocycles. The Kier molecular flexibility index (Phi) is 4.78. The quantitative estimate of drug-likeness (QED) is 0.598. The Morgan fingerprint density at radius 1 is 1.27 bits per heavy atom. The molecule has 0 aliphatic heterocycles. The monoisotopic (exact) mass is 363 g/mol. The minimum atomic E-state index is -1.15. The first-order valence-electron chi connectivity index (χ1n) is 8.48. The molecule has 1 aromatic heterocycles. The number of hydrogen-bond donors (Lipinski definition) is 0. The lowest BCUT2D eigenvalue weighted by Gasteiger charge is -2.34. The van der Waals surface area contributed by atoms with Gasteiger partial charge in [-0.25, -0.2) is 13.8 Å². The van der Waals surface area contributed by atoms with Crippen LogP contribution in [0.4, 0.5) is 13.2 Å². The van der Waals surface area contributed by atoms with E-state index in [9.17, 15) is 18.0 Å². The van der Waals surface area contributed by atoms with Gasteiger partial charge in [-0.15, -0.1) is 0 Å². The lowest BCUT2D eigenvalue weighted by Crippen LogP contribution is -2.41. The summed E-state index contributed by atoms with van der Waals surface area (Å²) in [5, 5.41) is 0. The van der Waals surface area contributed by atoms with Crippen LogP contribution >= 0.6 is 0 Å². The number of benzene rings is 1. The molecule has 3 rings (SSSR count). The third kappa shape index (κ3) is 2.68. The molecule has 1 aliphatic rings. The minimum Gasteiger partial charge on any atom is -0.468 e. The molecule has 3 nitrogen and oxygen atoms in total. The Morgan fingerprint density at radius 3 is 2.65 bits per heavy atom. The van der Waals surface area contributed by atoms with Crippen LogP contribution in [0.1, 0.15) is 42.4 Å². The van der Waals surface area contributed by atoms with Crippen LogP contribution in [0.2, 0.25) is 0 Å². The van der Waals surface area contributed by atoms with Crippen LogP contribution in [0.5, 0.6) is 0 Å². The molecule has 1 fully saturated rings. The Morgan fingerprint density at radius 2 is 2.00 bits per heavy atom. The molecule has 26 heavy (non-hydrogen) atoms. The van der Waals surface area contributed by atoms with Crippen LogP contribution in [-0.4, -0.2) is 18.1 Å². The molecule has 6 heteroatoms. The molecule has 0 radical (unpaired) electrons. The van der Waals surface area contributed by atoms with E-state index >= 15 is 0 Å². The fourth-order valence-electron chi connectivity index (χ4n) is 4.35. The highest BCUT2D eigenvalue weighted by molar-refractivity contribution is 5.85. The maximum Gasteiger partial charge on any atom is 0.316 e. The summed E-state index contributed by atoms with van der Waals surface area (Å²) < 4.78 is 46.1. The Hall–Kier alpha value is -2.37. The molecule has 0 amide bonds. The average molecular weight is 363 g/mol. The van der Waals surface area contributed by atoms with E-state index in [0.717, 1.165) is 6.07 Å². The number of aromatic nitrogens is 1. The van der Waals surface area contributed by atoms with E-state index in [-0.39, 0.29) is 11.8 Å². The first-order chi connectivity index (χ1) is 12.3. The van der Waals surface area contributed by atoms with Gasteiger partial charge in [0.15, 0.2) is 5.82 Å². The Labute approximate surface area is 150 Å². The molecule has 0 saturated heterocycles. The second kappa shape index (κ2) is 6.74. The van der Waals surface area contributed by atoms with Gasteiger partial charge in [0.25, 0.3) is 0 Å². The van der Waals surface area contributed by atoms with Gasteiger partial charge in [-0.2, -0.15) is 4.39 Å². The van der Waals surface area contributed by atoms with Gasteiger partial charge in [-0.3, -0.25) is 4.79 Å². The van der Waals surface area contributed by atoms with Gasteiger partial charge in [0, 0.05) is 6.20 Å². The number of halogens is 3. The molecule has 0 spiro atoms. The zero-order valence-corrected chi connectivity index (χ0v) is 14.9. The topological polar surface area (TPSA) is 39.2 Å². The fraction of sp³-hybridized carbons (Fsp3) is 0.400.